The second-order valence-electron chi connectivity index (χ2n) is 6.41. The monoisotopic (exact) mass is 325 g/mol. The van der Waals surface area contributed by atoms with Crippen molar-refractivity contribution < 1.29 is 15.0 Å². The summed E-state index contributed by atoms with van der Waals surface area (Å²) in [5.74, 6) is -0.673. The van der Waals surface area contributed by atoms with Crippen molar-refractivity contribution >= 4 is 5.97 Å². The first kappa shape index (κ1) is 22.2. The molecule has 0 saturated carbocycles. The van der Waals surface area contributed by atoms with Gasteiger partial charge in [0.2, 0.25) is 0 Å². The third-order valence-corrected chi connectivity index (χ3v) is 4.13. The fraction of sp³-hybridized carbons (Fsp3) is 0.800. The summed E-state index contributed by atoms with van der Waals surface area (Å²) >= 11 is 0. The molecular formula is C20H37O3. The number of hydrogen-bond acceptors (Lipinski definition) is 2. The molecule has 0 atom stereocenters. The van der Waals surface area contributed by atoms with E-state index in [2.05, 4.69) is 12.2 Å². The van der Waals surface area contributed by atoms with Gasteiger partial charge in [0.25, 0.3) is 0 Å². The number of unbranched alkanes of at least 4 members (excludes halogenated alkanes) is 13. The topological polar surface area (TPSA) is 57.5 Å². The molecule has 0 aliphatic rings. The fourth-order valence-electron chi connectivity index (χ4n) is 2.69. The lowest BCUT2D eigenvalue weighted by Crippen LogP contribution is -1.93. The third-order valence-electron chi connectivity index (χ3n) is 4.13. The van der Waals surface area contributed by atoms with Crippen LogP contribution in [0, 0.1) is 6.61 Å². The highest BCUT2D eigenvalue weighted by Crippen LogP contribution is 2.11. The molecule has 0 amide bonds. The van der Waals surface area contributed by atoms with Crippen LogP contribution in [0.3, 0.4) is 0 Å². The SMILES string of the molecule is O=C(O)CCCCCCC/C=C\CCCCCCCCC[CH]O. The number of carbonyl (C=O) groups is 1. The van der Waals surface area contributed by atoms with Crippen LogP contribution in [0.1, 0.15) is 103 Å². The van der Waals surface area contributed by atoms with Gasteiger partial charge in [0.1, 0.15) is 0 Å². The molecule has 3 heteroatoms. The molecule has 0 rings (SSSR count). The van der Waals surface area contributed by atoms with Crippen LogP contribution in [0.25, 0.3) is 0 Å². The maximum Gasteiger partial charge on any atom is 0.303 e. The van der Waals surface area contributed by atoms with E-state index in [0.717, 1.165) is 32.1 Å². The van der Waals surface area contributed by atoms with E-state index in [4.69, 9.17) is 10.2 Å². The summed E-state index contributed by atoms with van der Waals surface area (Å²) in [6.45, 7) is 1.27. The van der Waals surface area contributed by atoms with Crippen molar-refractivity contribution in [3.8, 4) is 0 Å². The van der Waals surface area contributed by atoms with Crippen LogP contribution in [0.5, 0.6) is 0 Å². The molecule has 0 aliphatic heterocycles. The lowest BCUT2D eigenvalue weighted by Gasteiger charge is -2.00. The predicted octanol–water partition coefficient (Wildman–Crippen LogP) is 6.40. The number of carboxylic acids is 1. The number of rotatable bonds is 18. The van der Waals surface area contributed by atoms with E-state index in [9.17, 15) is 4.79 Å². The third kappa shape index (κ3) is 21.2. The molecule has 0 unspecified atom stereocenters. The molecule has 0 bridgehead atoms. The zero-order chi connectivity index (χ0) is 17.0. The second kappa shape index (κ2) is 19.2. The quantitative estimate of drug-likeness (QED) is 0.226. The summed E-state index contributed by atoms with van der Waals surface area (Å²) in [6.07, 6.45) is 22.6. The van der Waals surface area contributed by atoms with Crippen molar-refractivity contribution in [2.24, 2.45) is 0 Å². The Bertz CT molecular complexity index is 274. The molecule has 0 heterocycles. The summed E-state index contributed by atoms with van der Waals surface area (Å²) < 4.78 is 0. The molecule has 23 heavy (non-hydrogen) atoms. The lowest BCUT2D eigenvalue weighted by molar-refractivity contribution is -0.137. The van der Waals surface area contributed by atoms with E-state index in [-0.39, 0.29) is 0 Å². The molecule has 0 aromatic carbocycles. The lowest BCUT2D eigenvalue weighted by atomic mass is 10.1. The number of aliphatic hydroxyl groups is 1. The van der Waals surface area contributed by atoms with Crippen molar-refractivity contribution in [3.63, 3.8) is 0 Å². The van der Waals surface area contributed by atoms with Gasteiger partial charge in [0.05, 0.1) is 6.61 Å². The Morgan fingerprint density at radius 2 is 1.00 bits per heavy atom. The van der Waals surface area contributed by atoms with Crippen molar-refractivity contribution in [3.05, 3.63) is 18.8 Å². The minimum Gasteiger partial charge on any atom is -0.481 e. The number of aliphatic hydroxyl groups excluding tert-OH is 1. The highest BCUT2D eigenvalue weighted by molar-refractivity contribution is 5.66. The first-order valence-corrected chi connectivity index (χ1v) is 9.60. The number of carboxylic acid groups (broad SMARTS) is 1. The van der Waals surface area contributed by atoms with Crippen molar-refractivity contribution in [1.82, 2.24) is 0 Å². The van der Waals surface area contributed by atoms with Gasteiger partial charge in [-0.1, -0.05) is 69.9 Å². The number of allylic oxidation sites excluding steroid dienone is 2. The Hall–Kier alpha value is -0.830. The molecule has 0 aromatic rings. The molecule has 2 N–H and O–H groups in total. The first-order chi connectivity index (χ1) is 11.3. The minimum atomic E-state index is -0.673. The number of hydrogen-bond donors (Lipinski definition) is 2. The van der Waals surface area contributed by atoms with Gasteiger partial charge < -0.3 is 10.2 Å². The second-order valence-corrected chi connectivity index (χ2v) is 6.41. The summed E-state index contributed by atoms with van der Waals surface area (Å²) in [4.78, 5) is 10.4. The molecule has 135 valence electrons. The summed E-state index contributed by atoms with van der Waals surface area (Å²) in [5, 5.41) is 17.1. The Balaban J connectivity index is 3.07. The summed E-state index contributed by atoms with van der Waals surface area (Å²) in [5.41, 5.74) is 0. The van der Waals surface area contributed by atoms with E-state index in [1.807, 2.05) is 0 Å². The highest BCUT2D eigenvalue weighted by Gasteiger charge is 1.96. The Morgan fingerprint density at radius 3 is 1.43 bits per heavy atom. The molecule has 3 nitrogen and oxygen atoms in total. The van der Waals surface area contributed by atoms with E-state index in [0.29, 0.717) is 6.42 Å². The molecule has 0 aromatic heterocycles. The van der Waals surface area contributed by atoms with Crippen LogP contribution in [0.15, 0.2) is 12.2 Å². The molecule has 0 saturated heterocycles. The van der Waals surface area contributed by atoms with Gasteiger partial charge in [0, 0.05) is 6.42 Å². The predicted molar refractivity (Wildman–Crippen MR) is 96.9 cm³/mol. The first-order valence-electron chi connectivity index (χ1n) is 9.60. The van der Waals surface area contributed by atoms with Gasteiger partial charge in [-0.3, -0.25) is 4.79 Å². The summed E-state index contributed by atoms with van der Waals surface area (Å²) in [6, 6.07) is 0. The number of aliphatic carboxylic acids is 1. The standard InChI is InChI=1S/C20H37O3/c21-19-17-15-13-11-9-7-5-3-1-2-4-6-8-10-12-14-16-18-20(22)23/h2,4,19,21H,1,3,5-18H2,(H,22,23)/b4-2-. The van der Waals surface area contributed by atoms with Crippen LogP contribution < -0.4 is 0 Å². The van der Waals surface area contributed by atoms with Crippen molar-refractivity contribution in [2.75, 3.05) is 0 Å². The maximum atomic E-state index is 10.4. The minimum absolute atomic E-state index is 0.321. The normalized spacial score (nSPS) is 11.3. The molecule has 0 aliphatic carbocycles. The molecule has 0 fully saturated rings. The summed E-state index contributed by atoms with van der Waals surface area (Å²) in [7, 11) is 0. The van der Waals surface area contributed by atoms with Crippen LogP contribution in [0.4, 0.5) is 0 Å². The van der Waals surface area contributed by atoms with Gasteiger partial charge in [-0.2, -0.15) is 0 Å². The van der Waals surface area contributed by atoms with E-state index in [1.54, 1.807) is 0 Å². The van der Waals surface area contributed by atoms with E-state index < -0.39 is 5.97 Å². The van der Waals surface area contributed by atoms with Crippen LogP contribution in [-0.2, 0) is 4.79 Å². The Labute approximate surface area is 143 Å². The van der Waals surface area contributed by atoms with E-state index in [1.165, 1.54) is 70.8 Å². The zero-order valence-corrected chi connectivity index (χ0v) is 14.8. The molecule has 1 radical (unpaired) electrons. The fourth-order valence-corrected chi connectivity index (χ4v) is 2.69. The average molecular weight is 326 g/mol. The van der Waals surface area contributed by atoms with Gasteiger partial charge >= 0.3 is 5.97 Å². The Kier molecular flexibility index (Phi) is 18.5. The largest absolute Gasteiger partial charge is 0.481 e. The van der Waals surface area contributed by atoms with Crippen LogP contribution in [0.2, 0.25) is 0 Å². The van der Waals surface area contributed by atoms with Crippen LogP contribution >= 0.6 is 0 Å². The molecular weight excluding hydrogens is 288 g/mol. The van der Waals surface area contributed by atoms with Gasteiger partial charge in [-0.15, -0.1) is 0 Å². The van der Waals surface area contributed by atoms with Crippen molar-refractivity contribution in [1.29, 1.82) is 0 Å². The zero-order valence-electron chi connectivity index (χ0n) is 14.8. The molecule has 0 spiro atoms. The van der Waals surface area contributed by atoms with Gasteiger partial charge in [-0.25, -0.2) is 0 Å². The Morgan fingerprint density at radius 1 is 0.609 bits per heavy atom. The van der Waals surface area contributed by atoms with Crippen molar-refractivity contribution in [2.45, 2.75) is 103 Å². The van der Waals surface area contributed by atoms with Crippen LogP contribution in [-0.4, -0.2) is 16.2 Å². The van der Waals surface area contributed by atoms with Gasteiger partial charge in [-0.05, 0) is 38.5 Å². The average Bonchev–Trinajstić information content (AvgIpc) is 2.53. The van der Waals surface area contributed by atoms with Gasteiger partial charge in [0.15, 0.2) is 0 Å². The highest BCUT2D eigenvalue weighted by atomic mass is 16.4. The maximum absolute atomic E-state index is 10.4. The smallest absolute Gasteiger partial charge is 0.303 e. The van der Waals surface area contributed by atoms with E-state index >= 15 is 0 Å².